The van der Waals surface area contributed by atoms with E-state index in [0.717, 1.165) is 5.56 Å². The number of esters is 1. The normalized spacial score (nSPS) is 13.7. The molecule has 0 unspecified atom stereocenters. The summed E-state index contributed by atoms with van der Waals surface area (Å²) in [6.45, 7) is 6.40. The van der Waals surface area contributed by atoms with Crippen molar-refractivity contribution in [2.45, 2.75) is 44.8 Å². The fourth-order valence-electron chi connectivity index (χ4n) is 7.67. The highest BCUT2D eigenvalue weighted by Crippen LogP contribution is 2.56. The highest BCUT2D eigenvalue weighted by atomic mass is 16.6. The Morgan fingerprint density at radius 1 is 0.587 bits per heavy atom. The number of benzene rings is 7. The standard InChI is InChI=1S/C43H37NO2/c1-43(2,3)46-42(45)37(25-27-15-5-4-6-16-27)44-26-36-38-32-21-11-7-17-28(32)30-19-9-13-23-34(30)40(38)41-35-24-14-10-20-31(35)29-18-8-12-22-33(29)39(36)41/h4-24,36-37,44H,25-26H2,1-3H3/t37-/m0/s1. The van der Waals surface area contributed by atoms with Gasteiger partial charge < -0.3 is 10.1 Å². The average Bonchev–Trinajstić information content (AvgIpc) is 3.42. The SMILES string of the molecule is CC(C)(C)OC(=O)[C@H](Cc1ccccc1)NCC1c2c(c3ccccc3c3ccccc23)-c2c1c1ccccc1c1ccccc21. The molecule has 0 radical (unpaired) electrons. The summed E-state index contributed by atoms with van der Waals surface area (Å²) in [5.74, 6) is -0.198. The van der Waals surface area contributed by atoms with E-state index < -0.39 is 11.6 Å². The number of fused-ring (bicyclic) bond motifs is 13. The zero-order chi connectivity index (χ0) is 31.4. The maximum atomic E-state index is 13.7. The highest BCUT2D eigenvalue weighted by molar-refractivity contribution is 6.25. The Kier molecular flexibility index (Phi) is 6.88. The van der Waals surface area contributed by atoms with E-state index in [0.29, 0.717) is 13.0 Å². The van der Waals surface area contributed by atoms with Gasteiger partial charge in [-0.25, -0.2) is 0 Å². The van der Waals surface area contributed by atoms with Crippen molar-refractivity contribution in [3.63, 3.8) is 0 Å². The predicted octanol–water partition coefficient (Wildman–Crippen LogP) is 9.95. The van der Waals surface area contributed by atoms with E-state index in [1.54, 1.807) is 0 Å². The molecule has 1 atom stereocenters. The summed E-state index contributed by atoms with van der Waals surface area (Å²) in [7, 11) is 0. The number of hydrogen-bond donors (Lipinski definition) is 1. The molecule has 0 spiro atoms. The van der Waals surface area contributed by atoms with Crippen LogP contribution in [0.25, 0.3) is 54.2 Å². The smallest absolute Gasteiger partial charge is 0.323 e. The Morgan fingerprint density at radius 2 is 0.978 bits per heavy atom. The van der Waals surface area contributed by atoms with Gasteiger partial charge in [-0.15, -0.1) is 0 Å². The van der Waals surface area contributed by atoms with Crippen LogP contribution < -0.4 is 5.32 Å². The first-order valence-electron chi connectivity index (χ1n) is 16.3. The van der Waals surface area contributed by atoms with Gasteiger partial charge in [-0.3, -0.25) is 4.79 Å². The largest absolute Gasteiger partial charge is 0.459 e. The van der Waals surface area contributed by atoms with Crippen LogP contribution in [0.4, 0.5) is 0 Å². The van der Waals surface area contributed by atoms with Gasteiger partial charge in [0, 0.05) is 12.5 Å². The van der Waals surface area contributed by atoms with E-state index in [1.807, 2.05) is 39.0 Å². The van der Waals surface area contributed by atoms with Crippen LogP contribution in [0.2, 0.25) is 0 Å². The van der Waals surface area contributed by atoms with E-state index in [-0.39, 0.29) is 11.9 Å². The molecule has 3 nitrogen and oxygen atoms in total. The zero-order valence-corrected chi connectivity index (χ0v) is 26.5. The molecule has 8 rings (SSSR count). The third-order valence-corrected chi connectivity index (χ3v) is 9.44. The number of ether oxygens (including phenoxy) is 1. The molecule has 46 heavy (non-hydrogen) atoms. The van der Waals surface area contributed by atoms with Crippen LogP contribution in [0.1, 0.15) is 43.4 Å². The Bertz CT molecular complexity index is 2150. The number of carbonyl (C=O) groups excluding carboxylic acids is 1. The molecule has 0 heterocycles. The fraction of sp³-hybridized carbons (Fsp3) is 0.186. The predicted molar refractivity (Wildman–Crippen MR) is 192 cm³/mol. The first-order chi connectivity index (χ1) is 22.4. The van der Waals surface area contributed by atoms with Gasteiger partial charge in [-0.2, -0.15) is 0 Å². The lowest BCUT2D eigenvalue weighted by Gasteiger charge is -2.26. The minimum Gasteiger partial charge on any atom is -0.459 e. The summed E-state index contributed by atoms with van der Waals surface area (Å²) in [5, 5.41) is 13.9. The molecule has 1 N–H and O–H groups in total. The van der Waals surface area contributed by atoms with Gasteiger partial charge in [0.25, 0.3) is 0 Å². The van der Waals surface area contributed by atoms with E-state index in [4.69, 9.17) is 4.74 Å². The van der Waals surface area contributed by atoms with Gasteiger partial charge >= 0.3 is 5.97 Å². The summed E-state index contributed by atoms with van der Waals surface area (Å²) in [6, 6.07) is 45.0. The molecule has 0 saturated carbocycles. The van der Waals surface area contributed by atoms with Crippen molar-refractivity contribution in [2.75, 3.05) is 6.54 Å². The van der Waals surface area contributed by atoms with Crippen LogP contribution in [-0.2, 0) is 16.0 Å². The van der Waals surface area contributed by atoms with Gasteiger partial charge in [0.2, 0.25) is 0 Å². The first kappa shape index (κ1) is 28.5. The van der Waals surface area contributed by atoms with Crippen LogP contribution in [0, 0.1) is 0 Å². The van der Waals surface area contributed by atoms with Gasteiger partial charge in [0.1, 0.15) is 11.6 Å². The molecule has 1 aliphatic rings. The van der Waals surface area contributed by atoms with Crippen LogP contribution in [-0.4, -0.2) is 24.2 Å². The quantitative estimate of drug-likeness (QED) is 0.153. The molecule has 226 valence electrons. The molecule has 7 aromatic carbocycles. The third kappa shape index (κ3) is 4.74. The monoisotopic (exact) mass is 599 g/mol. The van der Waals surface area contributed by atoms with Gasteiger partial charge in [0.15, 0.2) is 0 Å². The van der Waals surface area contributed by atoms with Crippen LogP contribution in [0.15, 0.2) is 127 Å². The Labute approximate surface area is 269 Å². The molecule has 0 aromatic heterocycles. The van der Waals surface area contributed by atoms with E-state index in [9.17, 15) is 4.79 Å². The number of rotatable bonds is 6. The number of nitrogens with one attached hydrogen (secondary N) is 1. The van der Waals surface area contributed by atoms with Crippen molar-refractivity contribution in [1.29, 1.82) is 0 Å². The number of carbonyl (C=O) groups is 1. The van der Waals surface area contributed by atoms with Crippen molar-refractivity contribution < 1.29 is 9.53 Å². The molecular weight excluding hydrogens is 562 g/mol. The van der Waals surface area contributed by atoms with Crippen molar-refractivity contribution in [3.05, 3.63) is 144 Å². The lowest BCUT2D eigenvalue weighted by molar-refractivity contribution is -0.157. The maximum Gasteiger partial charge on any atom is 0.323 e. The zero-order valence-electron chi connectivity index (χ0n) is 26.5. The second-order valence-electron chi connectivity index (χ2n) is 13.5. The minimum atomic E-state index is -0.579. The summed E-state index contributed by atoms with van der Waals surface area (Å²) in [4.78, 5) is 13.7. The average molecular weight is 600 g/mol. The summed E-state index contributed by atoms with van der Waals surface area (Å²) < 4.78 is 5.98. The van der Waals surface area contributed by atoms with Crippen molar-refractivity contribution in [1.82, 2.24) is 5.32 Å². The molecule has 0 aliphatic heterocycles. The Hall–Kier alpha value is -4.99. The second kappa shape index (κ2) is 11.1. The Morgan fingerprint density at radius 3 is 1.43 bits per heavy atom. The second-order valence-corrected chi connectivity index (χ2v) is 13.5. The van der Waals surface area contributed by atoms with Crippen molar-refractivity contribution >= 4 is 49.1 Å². The summed E-state index contributed by atoms with van der Waals surface area (Å²) in [6.07, 6.45) is 0.555. The molecule has 0 saturated heterocycles. The Balaban J connectivity index is 1.37. The van der Waals surface area contributed by atoms with E-state index in [2.05, 4.69) is 115 Å². The van der Waals surface area contributed by atoms with E-state index >= 15 is 0 Å². The summed E-state index contributed by atoms with van der Waals surface area (Å²) in [5.41, 5.74) is 5.82. The lowest BCUT2D eigenvalue weighted by Crippen LogP contribution is -2.44. The minimum absolute atomic E-state index is 0.0229. The summed E-state index contributed by atoms with van der Waals surface area (Å²) >= 11 is 0. The fourth-order valence-corrected chi connectivity index (χ4v) is 7.67. The highest BCUT2D eigenvalue weighted by Gasteiger charge is 2.37. The molecule has 0 fully saturated rings. The van der Waals surface area contributed by atoms with Crippen molar-refractivity contribution in [3.8, 4) is 11.1 Å². The number of hydrogen-bond acceptors (Lipinski definition) is 3. The molecule has 1 aliphatic carbocycles. The first-order valence-corrected chi connectivity index (χ1v) is 16.3. The lowest BCUT2D eigenvalue weighted by atomic mass is 9.87. The maximum absolute atomic E-state index is 13.7. The molecule has 3 heteroatoms. The molecule has 0 bridgehead atoms. The van der Waals surface area contributed by atoms with Crippen LogP contribution in [0.3, 0.4) is 0 Å². The van der Waals surface area contributed by atoms with Crippen LogP contribution in [0.5, 0.6) is 0 Å². The molecule has 0 amide bonds. The molecular formula is C43H37NO2. The van der Waals surface area contributed by atoms with Crippen molar-refractivity contribution in [2.24, 2.45) is 0 Å². The van der Waals surface area contributed by atoms with Gasteiger partial charge in [-0.05, 0) is 98.1 Å². The molecule has 7 aromatic rings. The van der Waals surface area contributed by atoms with Gasteiger partial charge in [0.05, 0.1) is 0 Å². The topological polar surface area (TPSA) is 38.3 Å². The van der Waals surface area contributed by atoms with E-state index in [1.165, 1.54) is 65.3 Å². The van der Waals surface area contributed by atoms with Gasteiger partial charge in [-0.1, -0.05) is 127 Å². The third-order valence-electron chi connectivity index (χ3n) is 9.44. The van der Waals surface area contributed by atoms with Crippen LogP contribution >= 0.6 is 0 Å².